The lowest BCUT2D eigenvalue weighted by atomic mass is 10.1. The normalized spacial score (nSPS) is 16.6. The number of pyridine rings is 1. The molecule has 1 fully saturated rings. The highest BCUT2D eigenvalue weighted by molar-refractivity contribution is 6.06. The molecule has 0 radical (unpaired) electrons. The molecule has 0 bridgehead atoms. The van der Waals surface area contributed by atoms with Crippen LogP contribution in [0.5, 0.6) is 5.75 Å². The van der Waals surface area contributed by atoms with Gasteiger partial charge in [0.05, 0.1) is 29.9 Å². The molecule has 2 aromatic carbocycles. The number of nitrogens with one attached hydrogen (secondary N) is 1. The molecule has 1 unspecified atom stereocenters. The number of carbonyl (C=O) groups is 2. The predicted molar refractivity (Wildman–Crippen MR) is 104 cm³/mol. The highest BCUT2D eigenvalue weighted by Crippen LogP contribution is 2.33. The van der Waals surface area contributed by atoms with Crippen LogP contribution in [-0.4, -0.2) is 30.5 Å². The third kappa shape index (κ3) is 3.21. The lowest BCUT2D eigenvalue weighted by Gasteiger charge is -2.19. The second-order valence-electron chi connectivity index (χ2n) is 6.45. The van der Waals surface area contributed by atoms with Crippen LogP contribution in [0.25, 0.3) is 10.9 Å². The van der Waals surface area contributed by atoms with Gasteiger partial charge in [-0.25, -0.2) is 0 Å². The van der Waals surface area contributed by atoms with Crippen LogP contribution in [0.1, 0.15) is 6.42 Å². The lowest BCUT2D eigenvalue weighted by Crippen LogP contribution is -2.28. The minimum Gasteiger partial charge on any atom is -0.495 e. The summed E-state index contributed by atoms with van der Waals surface area (Å²) in [4.78, 5) is 31.3. The number of amides is 2. The van der Waals surface area contributed by atoms with Crippen LogP contribution in [0.15, 0.2) is 60.8 Å². The summed E-state index contributed by atoms with van der Waals surface area (Å²) in [6, 6.07) is 16.8. The molecule has 0 aliphatic carbocycles. The maximum Gasteiger partial charge on any atom is 0.229 e. The first-order valence-electron chi connectivity index (χ1n) is 8.75. The molecule has 136 valence electrons. The summed E-state index contributed by atoms with van der Waals surface area (Å²) in [5.41, 5.74) is 2.08. The number of para-hydroxylation sites is 3. The zero-order valence-electron chi connectivity index (χ0n) is 14.9. The van der Waals surface area contributed by atoms with Gasteiger partial charge in [0.25, 0.3) is 0 Å². The van der Waals surface area contributed by atoms with Gasteiger partial charge in [0.15, 0.2) is 0 Å². The summed E-state index contributed by atoms with van der Waals surface area (Å²) in [7, 11) is 1.57. The Labute approximate surface area is 156 Å². The Balaban J connectivity index is 1.54. The van der Waals surface area contributed by atoms with E-state index >= 15 is 0 Å². The number of rotatable bonds is 4. The van der Waals surface area contributed by atoms with Crippen molar-refractivity contribution in [2.24, 2.45) is 5.92 Å². The third-order valence-electron chi connectivity index (χ3n) is 4.76. The first-order chi connectivity index (χ1) is 13.2. The molecule has 3 aromatic rings. The lowest BCUT2D eigenvalue weighted by molar-refractivity contribution is -0.122. The molecule has 6 nitrogen and oxygen atoms in total. The van der Waals surface area contributed by atoms with Crippen LogP contribution in [0.4, 0.5) is 11.4 Å². The largest absolute Gasteiger partial charge is 0.495 e. The van der Waals surface area contributed by atoms with Gasteiger partial charge in [-0.15, -0.1) is 0 Å². The number of benzene rings is 2. The van der Waals surface area contributed by atoms with Crippen molar-refractivity contribution in [2.45, 2.75) is 6.42 Å². The molecule has 1 atom stereocenters. The zero-order chi connectivity index (χ0) is 18.8. The Bertz CT molecular complexity index is 1010. The van der Waals surface area contributed by atoms with Crippen molar-refractivity contribution in [3.8, 4) is 5.75 Å². The first-order valence-corrected chi connectivity index (χ1v) is 8.75. The number of hydrogen-bond donors (Lipinski definition) is 1. The molecule has 6 heteroatoms. The number of anilines is 2. The number of hydrogen-bond acceptors (Lipinski definition) is 4. The number of nitrogens with zero attached hydrogens (tertiary/aromatic N) is 2. The van der Waals surface area contributed by atoms with Gasteiger partial charge in [-0.3, -0.25) is 14.6 Å². The van der Waals surface area contributed by atoms with Crippen LogP contribution >= 0.6 is 0 Å². The van der Waals surface area contributed by atoms with Crippen molar-refractivity contribution in [1.82, 2.24) is 4.98 Å². The van der Waals surface area contributed by atoms with E-state index in [0.29, 0.717) is 23.7 Å². The Kier molecular flexibility index (Phi) is 4.46. The van der Waals surface area contributed by atoms with Crippen LogP contribution in [0.3, 0.4) is 0 Å². The monoisotopic (exact) mass is 361 g/mol. The first kappa shape index (κ1) is 17.0. The number of aromatic nitrogens is 1. The number of methoxy groups -OCH3 is 1. The summed E-state index contributed by atoms with van der Waals surface area (Å²) in [5.74, 6) is -0.0823. The maximum absolute atomic E-state index is 12.8. The standard InChI is InChI=1S/C21H19N3O3/c1-27-18-10-3-2-9-17(18)24-13-15(12-19(24)25)21(26)23-16-8-4-6-14-7-5-11-22-20(14)16/h2-11,15H,12-13H2,1H3,(H,23,26). The molecule has 2 amide bonds. The maximum atomic E-state index is 12.8. The molecule has 4 rings (SSSR count). The van der Waals surface area contributed by atoms with E-state index in [-0.39, 0.29) is 18.2 Å². The molecule has 0 spiro atoms. The fourth-order valence-electron chi connectivity index (χ4n) is 3.41. The Hall–Kier alpha value is -3.41. The molecule has 2 heterocycles. The highest BCUT2D eigenvalue weighted by Gasteiger charge is 2.36. The van der Waals surface area contributed by atoms with Crippen LogP contribution < -0.4 is 15.0 Å². The smallest absolute Gasteiger partial charge is 0.229 e. The zero-order valence-corrected chi connectivity index (χ0v) is 14.9. The van der Waals surface area contributed by atoms with E-state index in [4.69, 9.17) is 4.74 Å². The molecule has 1 aliphatic heterocycles. The van der Waals surface area contributed by atoms with E-state index in [2.05, 4.69) is 10.3 Å². The van der Waals surface area contributed by atoms with Crippen LogP contribution in [-0.2, 0) is 9.59 Å². The van der Waals surface area contributed by atoms with Gasteiger partial charge in [0.2, 0.25) is 11.8 Å². The summed E-state index contributed by atoms with van der Waals surface area (Å²) in [6.07, 6.45) is 1.86. The fraction of sp³-hybridized carbons (Fsp3) is 0.190. The van der Waals surface area contributed by atoms with E-state index in [0.717, 1.165) is 10.9 Å². The average molecular weight is 361 g/mol. The number of carbonyl (C=O) groups excluding carboxylic acids is 2. The van der Waals surface area contributed by atoms with Gasteiger partial charge in [-0.2, -0.15) is 0 Å². The number of fused-ring (bicyclic) bond motifs is 1. The Morgan fingerprint density at radius 3 is 2.81 bits per heavy atom. The van der Waals surface area contributed by atoms with Crippen LogP contribution in [0, 0.1) is 5.92 Å². The fourth-order valence-corrected chi connectivity index (χ4v) is 3.41. The topological polar surface area (TPSA) is 71.5 Å². The van der Waals surface area contributed by atoms with E-state index in [1.54, 1.807) is 24.3 Å². The van der Waals surface area contributed by atoms with Gasteiger partial charge < -0.3 is 15.0 Å². The van der Waals surface area contributed by atoms with Gasteiger partial charge in [-0.1, -0.05) is 30.3 Å². The third-order valence-corrected chi connectivity index (χ3v) is 4.76. The van der Waals surface area contributed by atoms with Crippen molar-refractivity contribution in [3.05, 3.63) is 60.8 Å². The SMILES string of the molecule is COc1ccccc1N1CC(C(=O)Nc2cccc3cccnc23)CC1=O. The number of ether oxygens (including phenoxy) is 1. The van der Waals surface area contributed by atoms with Crippen molar-refractivity contribution < 1.29 is 14.3 Å². The Morgan fingerprint density at radius 2 is 1.96 bits per heavy atom. The summed E-state index contributed by atoms with van der Waals surface area (Å²) >= 11 is 0. The molecule has 1 N–H and O–H groups in total. The van der Waals surface area contributed by atoms with Gasteiger partial charge in [0, 0.05) is 24.5 Å². The van der Waals surface area contributed by atoms with Gasteiger partial charge in [-0.05, 0) is 24.3 Å². The highest BCUT2D eigenvalue weighted by atomic mass is 16.5. The summed E-state index contributed by atoms with van der Waals surface area (Å²) < 4.78 is 5.34. The molecular formula is C21H19N3O3. The van der Waals surface area contributed by atoms with Gasteiger partial charge >= 0.3 is 0 Å². The molecule has 1 aliphatic rings. The average Bonchev–Trinajstić information content (AvgIpc) is 3.10. The quantitative estimate of drug-likeness (QED) is 0.774. The molecule has 27 heavy (non-hydrogen) atoms. The Morgan fingerprint density at radius 1 is 1.15 bits per heavy atom. The minimum absolute atomic E-state index is 0.0873. The van der Waals surface area contributed by atoms with Crippen molar-refractivity contribution in [3.63, 3.8) is 0 Å². The second kappa shape index (κ2) is 7.07. The van der Waals surface area contributed by atoms with Gasteiger partial charge in [0.1, 0.15) is 5.75 Å². The van der Waals surface area contributed by atoms with E-state index in [9.17, 15) is 9.59 Å². The molecule has 0 saturated carbocycles. The summed E-state index contributed by atoms with van der Waals surface area (Å²) in [5, 5.41) is 3.89. The molecule has 1 saturated heterocycles. The second-order valence-corrected chi connectivity index (χ2v) is 6.45. The molecular weight excluding hydrogens is 342 g/mol. The van der Waals surface area contributed by atoms with Crippen molar-refractivity contribution in [1.29, 1.82) is 0 Å². The van der Waals surface area contributed by atoms with Crippen molar-refractivity contribution >= 4 is 34.1 Å². The molecule has 1 aromatic heterocycles. The van der Waals surface area contributed by atoms with E-state index < -0.39 is 5.92 Å². The minimum atomic E-state index is -0.429. The van der Waals surface area contributed by atoms with Crippen molar-refractivity contribution in [2.75, 3.05) is 23.9 Å². The summed E-state index contributed by atoms with van der Waals surface area (Å²) in [6.45, 7) is 0.323. The van der Waals surface area contributed by atoms with E-state index in [1.165, 1.54) is 0 Å². The van der Waals surface area contributed by atoms with E-state index in [1.807, 2.05) is 48.5 Å². The van der Waals surface area contributed by atoms with Crippen LogP contribution in [0.2, 0.25) is 0 Å². The predicted octanol–water partition coefficient (Wildman–Crippen LogP) is 3.24.